The first-order chi connectivity index (χ1) is 14.0. The van der Waals surface area contributed by atoms with Crippen molar-refractivity contribution in [2.75, 3.05) is 31.1 Å². The number of hydrogen-bond donors (Lipinski definition) is 1. The number of rotatable bonds is 6. The van der Waals surface area contributed by atoms with Crippen LogP contribution in [0.3, 0.4) is 0 Å². The van der Waals surface area contributed by atoms with E-state index in [0.29, 0.717) is 50.0 Å². The summed E-state index contributed by atoms with van der Waals surface area (Å²) in [4.78, 5) is 38.4. The van der Waals surface area contributed by atoms with E-state index in [0.717, 1.165) is 5.56 Å². The molecule has 1 saturated heterocycles. The smallest absolute Gasteiger partial charge is 0.252 e. The molecular formula is C22H29N5O2. The molecule has 1 aliphatic heterocycles. The van der Waals surface area contributed by atoms with Gasteiger partial charge in [0.2, 0.25) is 11.9 Å². The molecule has 2 aromatic rings. The lowest BCUT2D eigenvalue weighted by molar-refractivity contribution is -0.134. The molecule has 1 atom stereocenters. The molecule has 3 rings (SSSR count). The number of nitrogens with one attached hydrogen (secondary N) is 1. The van der Waals surface area contributed by atoms with E-state index in [1.54, 1.807) is 24.5 Å². The van der Waals surface area contributed by atoms with E-state index in [2.05, 4.69) is 34.0 Å². The number of anilines is 1. The largest absolute Gasteiger partial charge is 0.340 e. The van der Waals surface area contributed by atoms with Gasteiger partial charge in [-0.1, -0.05) is 32.0 Å². The Morgan fingerprint density at radius 1 is 1.03 bits per heavy atom. The van der Waals surface area contributed by atoms with Crippen LogP contribution in [0, 0.1) is 12.8 Å². The molecule has 2 heterocycles. The summed E-state index contributed by atoms with van der Waals surface area (Å²) in [6.45, 7) is 8.55. The summed E-state index contributed by atoms with van der Waals surface area (Å²) in [6.07, 6.45) is 4.05. The lowest BCUT2D eigenvalue weighted by atomic mass is 10.0. The number of carbonyl (C=O) groups is 2. The maximum absolute atomic E-state index is 13.2. The molecule has 2 amide bonds. The number of piperazine rings is 1. The van der Waals surface area contributed by atoms with Gasteiger partial charge in [0, 0.05) is 44.1 Å². The van der Waals surface area contributed by atoms with E-state index < -0.39 is 6.04 Å². The minimum Gasteiger partial charge on any atom is -0.340 e. The summed E-state index contributed by atoms with van der Waals surface area (Å²) in [5, 5.41) is 2.98. The van der Waals surface area contributed by atoms with Crippen LogP contribution in [0.1, 0.15) is 36.2 Å². The highest BCUT2D eigenvalue weighted by Gasteiger charge is 2.30. The van der Waals surface area contributed by atoms with Crippen LogP contribution < -0.4 is 10.2 Å². The van der Waals surface area contributed by atoms with Gasteiger partial charge < -0.3 is 15.1 Å². The third kappa shape index (κ3) is 5.31. The fourth-order valence-corrected chi connectivity index (χ4v) is 3.56. The van der Waals surface area contributed by atoms with Crippen molar-refractivity contribution in [3.8, 4) is 0 Å². The van der Waals surface area contributed by atoms with Crippen molar-refractivity contribution < 1.29 is 9.59 Å². The molecule has 0 radical (unpaired) electrons. The van der Waals surface area contributed by atoms with Gasteiger partial charge in [-0.05, 0) is 37.0 Å². The molecule has 0 spiro atoms. The van der Waals surface area contributed by atoms with E-state index in [-0.39, 0.29) is 11.8 Å². The highest BCUT2D eigenvalue weighted by atomic mass is 16.2. The molecule has 0 saturated carbocycles. The van der Waals surface area contributed by atoms with E-state index >= 15 is 0 Å². The predicted molar refractivity (Wildman–Crippen MR) is 113 cm³/mol. The summed E-state index contributed by atoms with van der Waals surface area (Å²) < 4.78 is 0. The molecule has 154 valence electrons. The summed E-state index contributed by atoms with van der Waals surface area (Å²) in [5.41, 5.74) is 1.51. The van der Waals surface area contributed by atoms with Crippen LogP contribution in [0.5, 0.6) is 0 Å². The molecule has 29 heavy (non-hydrogen) atoms. The van der Waals surface area contributed by atoms with Gasteiger partial charge in [-0.15, -0.1) is 0 Å². The van der Waals surface area contributed by atoms with Crippen LogP contribution in [-0.4, -0.2) is 58.9 Å². The maximum Gasteiger partial charge on any atom is 0.252 e. The van der Waals surface area contributed by atoms with Crippen molar-refractivity contribution >= 4 is 17.8 Å². The zero-order valence-electron chi connectivity index (χ0n) is 17.3. The number of carbonyl (C=O) groups excluding carboxylic acids is 2. The molecule has 1 fully saturated rings. The first-order valence-corrected chi connectivity index (χ1v) is 10.1. The molecule has 1 aliphatic rings. The van der Waals surface area contributed by atoms with Crippen molar-refractivity contribution in [1.29, 1.82) is 0 Å². The normalized spacial score (nSPS) is 15.3. The summed E-state index contributed by atoms with van der Waals surface area (Å²) in [6, 6.07) is 8.70. The Morgan fingerprint density at radius 3 is 2.31 bits per heavy atom. The van der Waals surface area contributed by atoms with Gasteiger partial charge in [0.05, 0.1) is 0 Å². The molecule has 0 unspecified atom stereocenters. The molecule has 0 aliphatic carbocycles. The SMILES string of the molecule is Cc1ccccc1C(=O)N[C@@H](CC(C)C)C(=O)N1CCN(c2ncccn2)CC1. The number of benzene rings is 1. The average molecular weight is 396 g/mol. The molecule has 7 heteroatoms. The average Bonchev–Trinajstić information content (AvgIpc) is 2.73. The quantitative estimate of drug-likeness (QED) is 0.812. The highest BCUT2D eigenvalue weighted by Crippen LogP contribution is 2.15. The second kappa shape index (κ2) is 9.49. The standard InChI is InChI=1S/C22H29N5O2/c1-16(2)15-19(25-20(28)18-8-5-4-7-17(18)3)21(29)26-11-13-27(14-12-26)22-23-9-6-10-24-22/h4-10,16,19H,11-15H2,1-3H3,(H,25,28)/t19-/m0/s1. The Balaban J connectivity index is 1.65. The van der Waals surface area contributed by atoms with Crippen LogP contribution in [0.25, 0.3) is 0 Å². The fourth-order valence-electron chi connectivity index (χ4n) is 3.56. The summed E-state index contributed by atoms with van der Waals surface area (Å²) in [5.74, 6) is 0.763. The van der Waals surface area contributed by atoms with Crippen LogP contribution >= 0.6 is 0 Å². The van der Waals surface area contributed by atoms with E-state index in [1.807, 2.05) is 30.0 Å². The number of amides is 2. The third-order valence-electron chi connectivity index (χ3n) is 5.13. The first kappa shape index (κ1) is 20.8. The summed E-state index contributed by atoms with van der Waals surface area (Å²) in [7, 11) is 0. The third-order valence-corrected chi connectivity index (χ3v) is 5.13. The fraction of sp³-hybridized carbons (Fsp3) is 0.455. The number of aromatic nitrogens is 2. The highest BCUT2D eigenvalue weighted by molar-refractivity contribution is 5.98. The van der Waals surface area contributed by atoms with Crippen molar-refractivity contribution in [3.63, 3.8) is 0 Å². The Kier molecular flexibility index (Phi) is 6.80. The number of nitrogens with zero attached hydrogens (tertiary/aromatic N) is 4. The number of aryl methyl sites for hydroxylation is 1. The Bertz CT molecular complexity index is 832. The molecule has 1 aromatic carbocycles. The van der Waals surface area contributed by atoms with Crippen LogP contribution in [0.4, 0.5) is 5.95 Å². The first-order valence-electron chi connectivity index (χ1n) is 10.1. The predicted octanol–water partition coefficient (Wildman–Crippen LogP) is 2.28. The van der Waals surface area contributed by atoms with Gasteiger partial charge in [-0.25, -0.2) is 9.97 Å². The molecule has 1 aromatic heterocycles. The van der Waals surface area contributed by atoms with Crippen LogP contribution in [0.15, 0.2) is 42.7 Å². The van der Waals surface area contributed by atoms with Crippen molar-refractivity contribution in [2.45, 2.75) is 33.2 Å². The Hall–Kier alpha value is -2.96. The van der Waals surface area contributed by atoms with Crippen molar-refractivity contribution in [3.05, 3.63) is 53.9 Å². The topological polar surface area (TPSA) is 78.4 Å². The van der Waals surface area contributed by atoms with Gasteiger partial charge >= 0.3 is 0 Å². The molecule has 7 nitrogen and oxygen atoms in total. The van der Waals surface area contributed by atoms with Crippen LogP contribution in [0.2, 0.25) is 0 Å². The van der Waals surface area contributed by atoms with Gasteiger partial charge in [0.1, 0.15) is 6.04 Å². The van der Waals surface area contributed by atoms with E-state index in [9.17, 15) is 9.59 Å². The van der Waals surface area contributed by atoms with E-state index in [4.69, 9.17) is 0 Å². The van der Waals surface area contributed by atoms with Crippen molar-refractivity contribution in [1.82, 2.24) is 20.2 Å². The second-order valence-electron chi connectivity index (χ2n) is 7.83. The van der Waals surface area contributed by atoms with E-state index in [1.165, 1.54) is 0 Å². The lowest BCUT2D eigenvalue weighted by Crippen LogP contribution is -2.55. The minimum absolute atomic E-state index is 0.0192. The molecule has 1 N–H and O–H groups in total. The monoisotopic (exact) mass is 395 g/mol. The minimum atomic E-state index is -0.526. The summed E-state index contributed by atoms with van der Waals surface area (Å²) >= 11 is 0. The zero-order chi connectivity index (χ0) is 20.8. The van der Waals surface area contributed by atoms with Gasteiger partial charge in [-0.3, -0.25) is 9.59 Å². The lowest BCUT2D eigenvalue weighted by Gasteiger charge is -2.36. The van der Waals surface area contributed by atoms with Gasteiger partial charge in [0.15, 0.2) is 0 Å². The second-order valence-corrected chi connectivity index (χ2v) is 7.83. The van der Waals surface area contributed by atoms with Gasteiger partial charge in [0.25, 0.3) is 5.91 Å². The van der Waals surface area contributed by atoms with Crippen molar-refractivity contribution in [2.24, 2.45) is 5.92 Å². The molecule has 0 bridgehead atoms. The zero-order valence-corrected chi connectivity index (χ0v) is 17.3. The Morgan fingerprint density at radius 2 is 1.69 bits per heavy atom. The molecular weight excluding hydrogens is 366 g/mol. The number of hydrogen-bond acceptors (Lipinski definition) is 5. The Labute approximate surface area is 172 Å². The van der Waals surface area contributed by atoms with Crippen LogP contribution in [-0.2, 0) is 4.79 Å². The maximum atomic E-state index is 13.2. The van der Waals surface area contributed by atoms with Gasteiger partial charge in [-0.2, -0.15) is 0 Å².